The minimum atomic E-state index is -0.0605. The second-order valence-electron chi connectivity index (χ2n) is 4.54. The summed E-state index contributed by atoms with van der Waals surface area (Å²) in [5.74, 6) is -0.0605. The van der Waals surface area contributed by atoms with Gasteiger partial charge in [0.15, 0.2) is 0 Å². The van der Waals surface area contributed by atoms with Gasteiger partial charge in [-0.2, -0.15) is 0 Å². The highest BCUT2D eigenvalue weighted by molar-refractivity contribution is 7.11. The fourth-order valence-electron chi connectivity index (χ4n) is 1.92. The fraction of sp³-hybridized carbons (Fsp3) is 0.333. The van der Waals surface area contributed by atoms with E-state index in [-0.39, 0.29) is 5.91 Å². The van der Waals surface area contributed by atoms with Gasteiger partial charge in [-0.25, -0.2) is 4.98 Å². The van der Waals surface area contributed by atoms with Crippen LogP contribution >= 0.6 is 11.3 Å². The minimum absolute atomic E-state index is 0.0605. The van der Waals surface area contributed by atoms with Gasteiger partial charge in [0.25, 0.3) is 5.91 Å². The second kappa shape index (κ2) is 6.52. The van der Waals surface area contributed by atoms with Crippen molar-refractivity contribution >= 4 is 22.9 Å². The van der Waals surface area contributed by atoms with Crippen LogP contribution in [0, 0.1) is 6.92 Å². The first-order valence-electron chi connectivity index (χ1n) is 6.64. The Morgan fingerprint density at radius 2 is 2.20 bits per heavy atom. The highest BCUT2D eigenvalue weighted by atomic mass is 32.1. The van der Waals surface area contributed by atoms with E-state index >= 15 is 0 Å². The van der Waals surface area contributed by atoms with Crippen LogP contribution < -0.4 is 10.6 Å². The van der Waals surface area contributed by atoms with E-state index in [9.17, 15) is 4.79 Å². The molecular weight excluding hydrogens is 270 g/mol. The molecule has 2 aromatic rings. The summed E-state index contributed by atoms with van der Waals surface area (Å²) >= 11 is 1.73. The monoisotopic (exact) mass is 289 g/mol. The van der Waals surface area contributed by atoms with Crippen molar-refractivity contribution in [3.63, 3.8) is 0 Å². The van der Waals surface area contributed by atoms with Gasteiger partial charge in [0.05, 0.1) is 11.6 Å². The standard InChI is InChI=1S/C15H19N3OS/c1-4-14-18-9-12(20-14)8-17-13-6-5-11(7-10(13)2)15(19)16-3/h5-7,9,17H,4,8H2,1-3H3,(H,16,19). The van der Waals surface area contributed by atoms with Crippen LogP contribution in [0.25, 0.3) is 0 Å². The summed E-state index contributed by atoms with van der Waals surface area (Å²) in [4.78, 5) is 17.1. The lowest BCUT2D eigenvalue weighted by molar-refractivity contribution is 0.0963. The van der Waals surface area contributed by atoms with Crippen molar-refractivity contribution in [3.8, 4) is 0 Å². The van der Waals surface area contributed by atoms with E-state index in [1.807, 2.05) is 31.3 Å². The molecule has 106 valence electrons. The summed E-state index contributed by atoms with van der Waals surface area (Å²) in [6.45, 7) is 4.87. The zero-order valence-electron chi connectivity index (χ0n) is 12.0. The van der Waals surface area contributed by atoms with E-state index in [0.29, 0.717) is 5.56 Å². The number of amides is 1. The van der Waals surface area contributed by atoms with Crippen molar-refractivity contribution in [1.82, 2.24) is 10.3 Å². The van der Waals surface area contributed by atoms with Crippen molar-refractivity contribution in [2.24, 2.45) is 0 Å². The summed E-state index contributed by atoms with van der Waals surface area (Å²) in [6.07, 6.45) is 2.90. The van der Waals surface area contributed by atoms with Gasteiger partial charge in [-0.15, -0.1) is 11.3 Å². The Labute approximate surface area is 123 Å². The molecule has 0 unspecified atom stereocenters. The number of aromatic nitrogens is 1. The topological polar surface area (TPSA) is 54.0 Å². The van der Waals surface area contributed by atoms with Gasteiger partial charge in [0.2, 0.25) is 0 Å². The Hall–Kier alpha value is -1.88. The number of nitrogens with zero attached hydrogens (tertiary/aromatic N) is 1. The first kappa shape index (κ1) is 14.5. The molecule has 2 rings (SSSR count). The number of hydrogen-bond acceptors (Lipinski definition) is 4. The summed E-state index contributed by atoms with van der Waals surface area (Å²) in [5.41, 5.74) is 2.79. The number of anilines is 1. The van der Waals surface area contributed by atoms with Crippen LogP contribution in [-0.2, 0) is 13.0 Å². The van der Waals surface area contributed by atoms with E-state index in [0.717, 1.165) is 29.2 Å². The number of hydrogen-bond donors (Lipinski definition) is 2. The van der Waals surface area contributed by atoms with Gasteiger partial charge in [0, 0.05) is 29.4 Å². The van der Waals surface area contributed by atoms with Gasteiger partial charge in [-0.1, -0.05) is 6.92 Å². The number of aryl methyl sites for hydroxylation is 2. The van der Waals surface area contributed by atoms with E-state index in [2.05, 4.69) is 22.5 Å². The highest BCUT2D eigenvalue weighted by Crippen LogP contribution is 2.19. The molecule has 0 radical (unpaired) electrons. The summed E-state index contributed by atoms with van der Waals surface area (Å²) in [7, 11) is 1.64. The van der Waals surface area contributed by atoms with Crippen molar-refractivity contribution < 1.29 is 4.79 Å². The summed E-state index contributed by atoms with van der Waals surface area (Å²) < 4.78 is 0. The Morgan fingerprint density at radius 3 is 2.80 bits per heavy atom. The molecule has 1 aromatic heterocycles. The largest absolute Gasteiger partial charge is 0.380 e. The average molecular weight is 289 g/mol. The molecule has 1 amide bonds. The normalized spacial score (nSPS) is 10.3. The van der Waals surface area contributed by atoms with Gasteiger partial charge < -0.3 is 10.6 Å². The van der Waals surface area contributed by atoms with Crippen molar-refractivity contribution in [1.29, 1.82) is 0 Å². The number of rotatable bonds is 5. The van der Waals surface area contributed by atoms with Crippen molar-refractivity contribution in [2.45, 2.75) is 26.8 Å². The van der Waals surface area contributed by atoms with Gasteiger partial charge in [-0.3, -0.25) is 4.79 Å². The van der Waals surface area contributed by atoms with Crippen LogP contribution in [0.3, 0.4) is 0 Å². The number of carbonyl (C=O) groups is 1. The fourth-order valence-corrected chi connectivity index (χ4v) is 2.73. The van der Waals surface area contributed by atoms with Crippen LogP contribution in [0.2, 0.25) is 0 Å². The van der Waals surface area contributed by atoms with Crippen LogP contribution in [0.5, 0.6) is 0 Å². The molecule has 1 heterocycles. The van der Waals surface area contributed by atoms with Crippen molar-refractivity contribution in [3.05, 3.63) is 45.4 Å². The number of nitrogens with one attached hydrogen (secondary N) is 2. The quantitative estimate of drug-likeness (QED) is 0.889. The maximum Gasteiger partial charge on any atom is 0.251 e. The molecular formula is C15H19N3OS. The maximum absolute atomic E-state index is 11.6. The highest BCUT2D eigenvalue weighted by Gasteiger charge is 2.06. The molecule has 0 saturated heterocycles. The minimum Gasteiger partial charge on any atom is -0.380 e. The molecule has 0 atom stereocenters. The maximum atomic E-state index is 11.6. The van der Waals surface area contributed by atoms with Crippen LogP contribution in [0.15, 0.2) is 24.4 Å². The van der Waals surface area contributed by atoms with Gasteiger partial charge in [0.1, 0.15) is 0 Å². The molecule has 0 aliphatic carbocycles. The molecule has 1 aromatic carbocycles. The Morgan fingerprint density at radius 1 is 1.40 bits per heavy atom. The Kier molecular flexibility index (Phi) is 4.74. The zero-order chi connectivity index (χ0) is 14.5. The SMILES string of the molecule is CCc1ncc(CNc2ccc(C(=O)NC)cc2C)s1. The smallest absolute Gasteiger partial charge is 0.251 e. The third-order valence-electron chi connectivity index (χ3n) is 3.07. The number of thiazole rings is 1. The molecule has 5 heteroatoms. The molecule has 20 heavy (non-hydrogen) atoms. The predicted octanol–water partition coefficient (Wildman–Crippen LogP) is 2.99. The lowest BCUT2D eigenvalue weighted by Gasteiger charge is -2.10. The van der Waals surface area contributed by atoms with Crippen molar-refractivity contribution in [2.75, 3.05) is 12.4 Å². The summed E-state index contributed by atoms with van der Waals surface area (Å²) in [5, 5.41) is 7.18. The molecule has 0 bridgehead atoms. The van der Waals surface area contributed by atoms with Gasteiger partial charge in [-0.05, 0) is 37.1 Å². The van der Waals surface area contributed by atoms with E-state index in [1.165, 1.54) is 4.88 Å². The van der Waals surface area contributed by atoms with Crippen LogP contribution in [0.4, 0.5) is 5.69 Å². The first-order valence-corrected chi connectivity index (χ1v) is 7.46. The molecule has 0 aliphatic rings. The summed E-state index contributed by atoms with van der Waals surface area (Å²) in [6, 6.07) is 5.67. The lowest BCUT2D eigenvalue weighted by Crippen LogP contribution is -2.17. The van der Waals surface area contributed by atoms with Crippen LogP contribution in [-0.4, -0.2) is 17.9 Å². The Balaban J connectivity index is 2.04. The van der Waals surface area contributed by atoms with E-state index in [1.54, 1.807) is 18.4 Å². The molecule has 0 spiro atoms. The second-order valence-corrected chi connectivity index (χ2v) is 5.74. The molecule has 2 N–H and O–H groups in total. The predicted molar refractivity (Wildman–Crippen MR) is 83.4 cm³/mol. The third kappa shape index (κ3) is 3.36. The zero-order valence-corrected chi connectivity index (χ0v) is 12.8. The van der Waals surface area contributed by atoms with E-state index < -0.39 is 0 Å². The molecule has 0 saturated carbocycles. The Bertz CT molecular complexity index is 607. The first-order chi connectivity index (χ1) is 9.63. The molecule has 0 aliphatic heterocycles. The van der Waals surface area contributed by atoms with E-state index in [4.69, 9.17) is 0 Å². The third-order valence-corrected chi connectivity index (χ3v) is 4.21. The molecule has 0 fully saturated rings. The average Bonchev–Trinajstić information content (AvgIpc) is 2.93. The number of benzene rings is 1. The number of carbonyl (C=O) groups excluding carboxylic acids is 1. The van der Waals surface area contributed by atoms with Gasteiger partial charge >= 0.3 is 0 Å². The molecule has 4 nitrogen and oxygen atoms in total. The lowest BCUT2D eigenvalue weighted by atomic mass is 10.1. The van der Waals surface area contributed by atoms with Crippen LogP contribution in [0.1, 0.15) is 32.7 Å².